The Labute approximate surface area is 668 Å². The van der Waals surface area contributed by atoms with E-state index in [0.717, 1.165) is 85.8 Å². The van der Waals surface area contributed by atoms with Crippen LogP contribution in [0.1, 0.15) is 98.9 Å². The molecule has 0 saturated heterocycles. The Balaban J connectivity index is 0.000000101. The van der Waals surface area contributed by atoms with Crippen LogP contribution >= 0.6 is 0 Å². The zero-order valence-corrected chi connectivity index (χ0v) is 66.6. The van der Waals surface area contributed by atoms with E-state index in [9.17, 15) is 38.4 Å². The number of fused-ring (bicyclic) bond motifs is 10. The van der Waals surface area contributed by atoms with E-state index in [-0.39, 0.29) is 92.0 Å². The first-order valence-corrected chi connectivity index (χ1v) is 43.4. The average Bonchev–Trinajstić information content (AvgIpc) is 1.61. The molecule has 4 aliphatic carbocycles. The molecule has 0 fully saturated rings. The van der Waals surface area contributed by atoms with Crippen LogP contribution in [0, 0.1) is 0 Å². The van der Waals surface area contributed by atoms with E-state index < -0.39 is 40.9 Å². The first-order valence-electron chi connectivity index (χ1n) is 35.4. The van der Waals surface area contributed by atoms with Gasteiger partial charge in [0.05, 0.1) is 0 Å². The Hall–Kier alpha value is -12.5. The number of Topliss-reactive ketones (excluding diaryl/α,β-unsaturated/α-hetero) is 8. The molecule has 0 unspecified atom stereocenters. The first kappa shape index (κ1) is 69.9. The van der Waals surface area contributed by atoms with Crippen molar-refractivity contribution < 1.29 is 38.4 Å². The molecule has 0 aliphatic heterocycles. The molecule has 22 rings (SSSR count). The average molecular weight is 1810 g/mol. The molecule has 532 valence electrons. The molecule has 112 heavy (non-hydrogen) atoms. The van der Waals surface area contributed by atoms with Gasteiger partial charge in [-0.3, -0.25) is 0 Å². The second-order valence-corrected chi connectivity index (χ2v) is 37.5. The summed E-state index contributed by atoms with van der Waals surface area (Å²) in [5.74, 6) is -1.36. The molecule has 12 aromatic heterocycles. The van der Waals surface area contributed by atoms with Crippen molar-refractivity contribution in [1.29, 1.82) is 0 Å². The van der Waals surface area contributed by atoms with Crippen LogP contribution in [0.15, 0.2) is 315 Å². The molecule has 6 aromatic carbocycles. The second-order valence-electron chi connectivity index (χ2n) is 26.6. The van der Waals surface area contributed by atoms with Crippen molar-refractivity contribution in [3.63, 3.8) is 0 Å². The van der Waals surface area contributed by atoms with Gasteiger partial charge < -0.3 is 0 Å². The first-order chi connectivity index (χ1) is 54.8. The minimum absolute atomic E-state index is 0.00225. The van der Waals surface area contributed by atoms with Gasteiger partial charge in [-0.05, 0) is 0 Å². The topological polar surface area (TPSA) is 208 Å². The van der Waals surface area contributed by atoms with Crippen LogP contribution in [0.3, 0.4) is 0 Å². The van der Waals surface area contributed by atoms with Crippen molar-refractivity contribution >= 4 is 206 Å². The molecule has 0 bridgehead atoms. The van der Waals surface area contributed by atoms with E-state index in [0.29, 0.717) is 50.1 Å². The van der Waals surface area contributed by atoms with Gasteiger partial charge in [0.15, 0.2) is 0 Å². The standard InChI is InChI=1S/C25H14N2O2Se.C25H14N2O2Te.C21H12N2O2Se.C21H12N2O2Te/c2*28-24-19-11-15-3-1-2-4-16(15)12-20(19)25(29)21(24)13-18-5-6-23(30-18)27-10-8-17-14-26-9-7-22(17)27;2*24-20-15-3-1-2-4-16(15)21(25)17(20)11-14-5-6-19(26-14)23-10-8-13-12-22-9-7-18(13)23/h2*1-14H;2*1-12H. The van der Waals surface area contributed by atoms with Crippen LogP contribution in [0.4, 0.5) is 0 Å². The second kappa shape index (κ2) is 29.0. The number of nitrogens with zero attached hydrogens (tertiary/aromatic N) is 8. The molecule has 0 spiro atoms. The Morgan fingerprint density at radius 1 is 0.259 bits per heavy atom. The van der Waals surface area contributed by atoms with Crippen LogP contribution in [-0.2, 0) is 0 Å². The number of allylic oxidation sites excluding steroid dienone is 4. The number of rotatable bonds is 8. The zero-order valence-electron chi connectivity index (χ0n) is 58.5. The predicted molar refractivity (Wildman–Crippen MR) is 439 cm³/mol. The summed E-state index contributed by atoms with van der Waals surface area (Å²) in [6, 6.07) is 69.6. The minimum atomic E-state index is -0.709. The summed E-state index contributed by atoms with van der Waals surface area (Å²) in [5.41, 5.74) is 9.66. The molecule has 0 radical (unpaired) electrons. The summed E-state index contributed by atoms with van der Waals surface area (Å²) in [5, 5.41) is 8.28. The maximum absolute atomic E-state index is 13.0. The third-order valence-corrected chi connectivity index (χ3v) is 30.3. The van der Waals surface area contributed by atoms with E-state index in [1.807, 2.05) is 183 Å². The summed E-state index contributed by atoms with van der Waals surface area (Å²) in [4.78, 5) is 119. The molecule has 18 aromatic rings. The van der Waals surface area contributed by atoms with E-state index >= 15 is 0 Å². The number of benzene rings is 6. The Kier molecular flexibility index (Phi) is 18.1. The van der Waals surface area contributed by atoms with Crippen LogP contribution in [0.25, 0.3) is 106 Å². The number of carbonyl (C=O) groups excluding carboxylic acids is 8. The SMILES string of the molecule is O=C1C(=Cc2ccc(-n3ccc4cnccc43)[se]2)C(=O)c2cc3ccccc3cc21.O=C1C(=Cc2ccc(-n3ccc4cnccc43)[se]2)C(=O)c2ccccc21.O=C1C(=Cc2ccc(-n3ccc4cnccc43)[te]2)C(=O)c2cc3ccccc3cc21.O=C1C(=Cc2ccc(-n3ccc4cnccc43)[te]2)C(=O)c2ccccc21. The normalized spacial score (nSPS) is 13.4. The monoisotopic (exact) mass is 1820 g/mol. The Morgan fingerprint density at radius 2 is 0.536 bits per heavy atom. The quantitative estimate of drug-likeness (QED) is 0.0791. The van der Waals surface area contributed by atoms with Gasteiger partial charge in [-0.25, -0.2) is 0 Å². The molecule has 0 saturated carbocycles. The molecule has 20 heteroatoms. The predicted octanol–water partition coefficient (Wildman–Crippen LogP) is 16.5. The van der Waals surface area contributed by atoms with Crippen LogP contribution in [0.2, 0.25) is 0 Å². The molecule has 0 atom stereocenters. The van der Waals surface area contributed by atoms with Crippen molar-refractivity contribution in [2.24, 2.45) is 0 Å². The van der Waals surface area contributed by atoms with E-state index in [1.165, 1.54) is 12.0 Å². The van der Waals surface area contributed by atoms with Gasteiger partial charge in [0, 0.05) is 0 Å². The fraction of sp³-hybridized carbons (Fsp3) is 0. The van der Waals surface area contributed by atoms with E-state index in [1.54, 1.807) is 91.5 Å². The summed E-state index contributed by atoms with van der Waals surface area (Å²) in [7, 11) is 0. The van der Waals surface area contributed by atoms with Gasteiger partial charge in [0.25, 0.3) is 0 Å². The molecule has 0 amide bonds. The Morgan fingerprint density at radius 3 is 0.857 bits per heavy atom. The molecular weight excluding hydrogens is 1760 g/mol. The number of pyridine rings is 4. The molecular formula is C92H52N8O8Se2Te2. The van der Waals surface area contributed by atoms with Crippen LogP contribution in [0.5, 0.6) is 0 Å². The van der Waals surface area contributed by atoms with Gasteiger partial charge in [0.1, 0.15) is 0 Å². The number of hydrogen-bond donors (Lipinski definition) is 0. The van der Waals surface area contributed by atoms with Crippen molar-refractivity contribution in [2.75, 3.05) is 0 Å². The van der Waals surface area contributed by atoms with E-state index in [2.05, 4.69) is 80.9 Å². The fourth-order valence-electron chi connectivity index (χ4n) is 14.6. The molecule has 12 heterocycles. The van der Waals surface area contributed by atoms with Crippen LogP contribution < -0.4 is 0 Å². The van der Waals surface area contributed by atoms with Crippen molar-refractivity contribution in [3.05, 3.63) is 376 Å². The Bertz CT molecular complexity index is 6630. The van der Waals surface area contributed by atoms with Gasteiger partial charge in [-0.2, -0.15) is 0 Å². The number of ketones is 8. The van der Waals surface area contributed by atoms with Crippen molar-refractivity contribution in [1.82, 2.24) is 38.2 Å². The van der Waals surface area contributed by atoms with Crippen LogP contribution in [-0.4, -0.2) is 154 Å². The summed E-state index contributed by atoms with van der Waals surface area (Å²) in [6.07, 6.45) is 29.9. The van der Waals surface area contributed by atoms with E-state index in [4.69, 9.17) is 0 Å². The molecule has 0 N–H and O–H groups in total. The molecule has 4 aliphatic rings. The fourth-order valence-corrected chi connectivity index (χ4v) is 23.9. The summed E-state index contributed by atoms with van der Waals surface area (Å²) >= 11 is -1.36. The number of aromatic nitrogens is 8. The number of hydrogen-bond acceptors (Lipinski definition) is 12. The van der Waals surface area contributed by atoms with Gasteiger partial charge in [-0.15, -0.1) is 0 Å². The van der Waals surface area contributed by atoms with Gasteiger partial charge in [0.2, 0.25) is 0 Å². The van der Waals surface area contributed by atoms with Gasteiger partial charge in [-0.1, -0.05) is 0 Å². The third-order valence-electron chi connectivity index (χ3n) is 20.0. The van der Waals surface area contributed by atoms with Gasteiger partial charge >= 0.3 is 674 Å². The maximum atomic E-state index is 13.0. The van der Waals surface area contributed by atoms with Crippen molar-refractivity contribution in [3.8, 4) is 16.5 Å². The zero-order chi connectivity index (χ0) is 75.8. The number of carbonyl (C=O) groups is 8. The summed E-state index contributed by atoms with van der Waals surface area (Å²) in [6.45, 7) is 0. The van der Waals surface area contributed by atoms with Crippen molar-refractivity contribution in [2.45, 2.75) is 0 Å². The molecule has 16 nitrogen and oxygen atoms in total. The summed E-state index contributed by atoms with van der Waals surface area (Å²) < 4.78 is 17.7. The third kappa shape index (κ3) is 12.7.